The maximum atomic E-state index is 13.3. The molecule has 1 atom stereocenters. The van der Waals surface area contributed by atoms with Crippen LogP contribution in [-0.2, 0) is 13.6 Å². The zero-order valence-electron chi connectivity index (χ0n) is 14.8. The predicted molar refractivity (Wildman–Crippen MR) is 101 cm³/mol. The lowest BCUT2D eigenvalue weighted by molar-refractivity contribution is 0.212. The number of hydrogen-bond donors (Lipinski definition) is 0. The highest BCUT2D eigenvalue weighted by Crippen LogP contribution is 2.61. The summed E-state index contributed by atoms with van der Waals surface area (Å²) in [4.78, 5) is 4.55. The summed E-state index contributed by atoms with van der Waals surface area (Å²) in [5.74, 6) is 0.0572. The molecule has 0 spiro atoms. The Labute approximate surface area is 149 Å². The molecule has 0 aromatic heterocycles. The van der Waals surface area contributed by atoms with Crippen LogP contribution in [0.15, 0.2) is 59.6 Å². The lowest BCUT2D eigenvalue weighted by atomic mass is 10.2. The predicted octanol–water partition coefficient (Wildman–Crippen LogP) is 5.08. The second kappa shape index (κ2) is 9.52. The fourth-order valence-electron chi connectivity index (χ4n) is 2.36. The van der Waals surface area contributed by atoms with E-state index in [-0.39, 0.29) is 0 Å². The van der Waals surface area contributed by atoms with Crippen LogP contribution in [0.4, 0.5) is 0 Å². The van der Waals surface area contributed by atoms with Gasteiger partial charge in [0.05, 0.1) is 20.3 Å². The van der Waals surface area contributed by atoms with Gasteiger partial charge >= 0.3 is 7.60 Å². The summed E-state index contributed by atoms with van der Waals surface area (Å²) < 4.78 is 29.4. The number of methoxy groups -OCH3 is 1. The third kappa shape index (κ3) is 5.27. The smallest absolute Gasteiger partial charge is 0.359 e. The summed E-state index contributed by atoms with van der Waals surface area (Å²) in [6, 6.07) is 16.9. The molecular formula is C19H24NO4P. The Morgan fingerprint density at radius 3 is 2.12 bits per heavy atom. The van der Waals surface area contributed by atoms with E-state index in [1.165, 1.54) is 0 Å². The molecular weight excluding hydrogens is 337 g/mol. The quantitative estimate of drug-likeness (QED) is 0.462. The molecule has 0 fully saturated rings. The summed E-state index contributed by atoms with van der Waals surface area (Å²) in [5, 5.41) is 0. The van der Waals surface area contributed by atoms with Crippen LogP contribution < -0.4 is 4.74 Å². The molecule has 0 saturated carbocycles. The SMILES string of the molecule is CCOP(=O)(OCC)[C@H](N=Cc1ccc(OC)cc1)c1ccccc1. The highest BCUT2D eigenvalue weighted by atomic mass is 31.2. The number of aliphatic imine (C=N–C) groups is 1. The van der Waals surface area contributed by atoms with Gasteiger partial charge in [0.25, 0.3) is 0 Å². The number of hydrogen-bond acceptors (Lipinski definition) is 5. The average Bonchev–Trinajstić information content (AvgIpc) is 2.63. The molecule has 2 aromatic carbocycles. The van der Waals surface area contributed by atoms with E-state index in [0.29, 0.717) is 13.2 Å². The second-order valence-electron chi connectivity index (χ2n) is 5.21. The number of benzene rings is 2. The molecule has 0 N–H and O–H groups in total. The first-order valence-corrected chi connectivity index (χ1v) is 9.85. The van der Waals surface area contributed by atoms with Gasteiger partial charge in [0, 0.05) is 6.21 Å². The van der Waals surface area contributed by atoms with E-state index in [1.54, 1.807) is 27.2 Å². The van der Waals surface area contributed by atoms with Crippen molar-refractivity contribution in [2.24, 2.45) is 4.99 Å². The van der Waals surface area contributed by atoms with Gasteiger partial charge in [-0.1, -0.05) is 30.3 Å². The van der Waals surface area contributed by atoms with E-state index in [9.17, 15) is 4.57 Å². The van der Waals surface area contributed by atoms with Gasteiger partial charge in [0.15, 0.2) is 5.78 Å². The molecule has 25 heavy (non-hydrogen) atoms. The maximum absolute atomic E-state index is 13.3. The highest BCUT2D eigenvalue weighted by Gasteiger charge is 2.36. The summed E-state index contributed by atoms with van der Waals surface area (Å²) in [6.45, 7) is 4.17. The summed E-state index contributed by atoms with van der Waals surface area (Å²) >= 11 is 0. The minimum Gasteiger partial charge on any atom is -0.497 e. The van der Waals surface area contributed by atoms with Crippen molar-refractivity contribution in [1.29, 1.82) is 0 Å². The van der Waals surface area contributed by atoms with E-state index in [4.69, 9.17) is 13.8 Å². The molecule has 0 aliphatic rings. The van der Waals surface area contributed by atoms with E-state index in [0.717, 1.165) is 16.9 Å². The van der Waals surface area contributed by atoms with Crippen molar-refractivity contribution in [3.8, 4) is 5.75 Å². The van der Waals surface area contributed by atoms with Crippen LogP contribution in [0.2, 0.25) is 0 Å². The Kier molecular flexibility index (Phi) is 7.38. The van der Waals surface area contributed by atoms with Crippen molar-refractivity contribution in [1.82, 2.24) is 0 Å². The average molecular weight is 361 g/mol. The van der Waals surface area contributed by atoms with Crippen LogP contribution in [0.25, 0.3) is 0 Å². The molecule has 0 amide bonds. The molecule has 0 unspecified atom stereocenters. The highest BCUT2D eigenvalue weighted by molar-refractivity contribution is 7.54. The first kappa shape index (κ1) is 19.4. The Balaban J connectivity index is 2.36. The molecule has 0 heterocycles. The van der Waals surface area contributed by atoms with Gasteiger partial charge in [-0.15, -0.1) is 0 Å². The molecule has 6 heteroatoms. The molecule has 134 valence electrons. The van der Waals surface area contributed by atoms with Crippen molar-refractivity contribution in [2.45, 2.75) is 19.6 Å². The summed E-state index contributed by atoms with van der Waals surface area (Å²) in [7, 11) is -1.81. The van der Waals surface area contributed by atoms with Crippen molar-refractivity contribution in [3.63, 3.8) is 0 Å². The number of ether oxygens (including phenoxy) is 1. The van der Waals surface area contributed by atoms with E-state index in [1.807, 2.05) is 54.6 Å². The Morgan fingerprint density at radius 2 is 1.60 bits per heavy atom. The van der Waals surface area contributed by atoms with E-state index < -0.39 is 13.4 Å². The standard InChI is InChI=1S/C19H24NO4P/c1-4-23-25(21,24-5-2)19(17-9-7-6-8-10-17)20-15-16-11-13-18(22-3)14-12-16/h6-15,19H,4-5H2,1-3H3/t19-/m0/s1. The first-order valence-electron chi connectivity index (χ1n) is 8.24. The third-order valence-corrected chi connectivity index (χ3v) is 5.76. The summed E-state index contributed by atoms with van der Waals surface area (Å²) in [5.41, 5.74) is 1.67. The van der Waals surface area contributed by atoms with Gasteiger partial charge in [-0.25, -0.2) is 0 Å². The van der Waals surface area contributed by atoms with Crippen molar-refractivity contribution >= 4 is 13.8 Å². The number of rotatable bonds is 9. The van der Waals surface area contributed by atoms with Gasteiger partial charge in [0.1, 0.15) is 5.75 Å². The minimum atomic E-state index is -3.43. The molecule has 0 aliphatic carbocycles. The lowest BCUT2D eigenvalue weighted by Gasteiger charge is -2.23. The second-order valence-corrected chi connectivity index (χ2v) is 7.30. The van der Waals surface area contributed by atoms with Crippen LogP contribution in [-0.4, -0.2) is 26.5 Å². The molecule has 0 bridgehead atoms. The van der Waals surface area contributed by atoms with Crippen LogP contribution in [0.3, 0.4) is 0 Å². The van der Waals surface area contributed by atoms with E-state index >= 15 is 0 Å². The monoisotopic (exact) mass is 361 g/mol. The Morgan fingerprint density at radius 1 is 1.00 bits per heavy atom. The van der Waals surface area contributed by atoms with Gasteiger partial charge in [-0.05, 0) is 49.2 Å². The van der Waals surface area contributed by atoms with Crippen LogP contribution >= 0.6 is 7.60 Å². The zero-order valence-corrected chi connectivity index (χ0v) is 15.7. The lowest BCUT2D eigenvalue weighted by Crippen LogP contribution is -2.05. The maximum Gasteiger partial charge on any atom is 0.359 e. The Hall–Kier alpha value is -1.94. The Bertz CT molecular complexity index is 706. The zero-order chi connectivity index (χ0) is 18.1. The van der Waals surface area contributed by atoms with Crippen molar-refractivity contribution in [3.05, 3.63) is 65.7 Å². The largest absolute Gasteiger partial charge is 0.497 e. The van der Waals surface area contributed by atoms with Crippen LogP contribution in [0.1, 0.15) is 30.8 Å². The molecule has 2 aromatic rings. The van der Waals surface area contributed by atoms with E-state index in [2.05, 4.69) is 4.99 Å². The molecule has 0 aliphatic heterocycles. The summed E-state index contributed by atoms with van der Waals surface area (Å²) in [6.07, 6.45) is 1.68. The van der Waals surface area contributed by atoms with Crippen LogP contribution in [0.5, 0.6) is 5.75 Å². The minimum absolute atomic E-state index is 0.290. The molecule has 0 radical (unpaired) electrons. The van der Waals surface area contributed by atoms with Gasteiger partial charge in [-0.3, -0.25) is 9.56 Å². The van der Waals surface area contributed by atoms with Gasteiger partial charge in [0.2, 0.25) is 0 Å². The third-order valence-electron chi connectivity index (χ3n) is 3.50. The molecule has 0 saturated heterocycles. The van der Waals surface area contributed by atoms with Gasteiger partial charge < -0.3 is 13.8 Å². The van der Waals surface area contributed by atoms with Crippen LogP contribution in [0, 0.1) is 0 Å². The fraction of sp³-hybridized carbons (Fsp3) is 0.316. The molecule has 5 nitrogen and oxygen atoms in total. The molecule has 2 rings (SSSR count). The first-order chi connectivity index (χ1) is 12.1. The topological polar surface area (TPSA) is 57.1 Å². The normalized spacial score (nSPS) is 13.1. The fourth-order valence-corrected chi connectivity index (χ4v) is 4.20. The van der Waals surface area contributed by atoms with Crippen molar-refractivity contribution < 1.29 is 18.3 Å². The number of nitrogens with zero attached hydrogens (tertiary/aromatic N) is 1. The van der Waals surface area contributed by atoms with Crippen molar-refractivity contribution in [2.75, 3.05) is 20.3 Å². The van der Waals surface area contributed by atoms with Gasteiger partial charge in [-0.2, -0.15) is 0 Å².